The second-order valence-corrected chi connectivity index (χ2v) is 11.0. The lowest BCUT2D eigenvalue weighted by molar-refractivity contribution is -0.275. The summed E-state index contributed by atoms with van der Waals surface area (Å²) in [6.07, 6.45) is -3.98. The average Bonchev–Trinajstić information content (AvgIpc) is 3.38. The molecule has 37 heavy (non-hydrogen) atoms. The smallest absolute Gasteiger partial charge is 0.461 e. The van der Waals surface area contributed by atoms with Crippen LogP contribution in [0.4, 0.5) is 17.6 Å². The fourth-order valence-electron chi connectivity index (χ4n) is 3.92. The molecule has 0 aromatic heterocycles. The Morgan fingerprint density at radius 3 is 2.22 bits per heavy atom. The largest absolute Gasteiger partial charge is 0.573 e. The first kappa shape index (κ1) is 27.3. The quantitative estimate of drug-likeness (QED) is 0.154. The third-order valence-corrected chi connectivity index (χ3v) is 7.88. The van der Waals surface area contributed by atoms with Crippen LogP contribution in [0.25, 0.3) is 0 Å². The van der Waals surface area contributed by atoms with Gasteiger partial charge in [0.2, 0.25) is 6.29 Å². The molecular weight excluding hydrogens is 508 g/mol. The topological polar surface area (TPSA) is 36.9 Å². The molecule has 3 unspecified atom stereocenters. The fourth-order valence-corrected chi connectivity index (χ4v) is 6.00. The normalized spacial score (nSPS) is 17.5. The van der Waals surface area contributed by atoms with Crippen molar-refractivity contribution < 1.29 is 36.5 Å². The zero-order valence-corrected chi connectivity index (χ0v) is 21.4. The Labute approximate surface area is 216 Å². The molecule has 4 rings (SSSR count). The van der Waals surface area contributed by atoms with Crippen LogP contribution in [0, 0.1) is 11.7 Å². The van der Waals surface area contributed by atoms with Crippen LogP contribution in [-0.4, -0.2) is 32.0 Å². The summed E-state index contributed by atoms with van der Waals surface area (Å²) in [5, 5.41) is 0. The van der Waals surface area contributed by atoms with Crippen molar-refractivity contribution in [1.29, 1.82) is 0 Å². The van der Waals surface area contributed by atoms with Crippen LogP contribution >= 0.6 is 0 Å². The molecule has 4 nitrogen and oxygen atoms in total. The van der Waals surface area contributed by atoms with Crippen molar-refractivity contribution in [1.82, 2.24) is 0 Å². The Bertz CT molecular complexity index is 1130. The third-order valence-electron chi connectivity index (χ3n) is 5.66. The van der Waals surface area contributed by atoms with Crippen LogP contribution in [0.5, 0.6) is 11.5 Å². The van der Waals surface area contributed by atoms with E-state index < -0.39 is 29.3 Å². The zero-order chi connectivity index (χ0) is 26.4. The molecule has 0 bridgehead atoms. The molecule has 3 aromatic rings. The first-order valence-corrected chi connectivity index (χ1v) is 13.3. The van der Waals surface area contributed by atoms with Crippen LogP contribution in [0.2, 0.25) is 0 Å². The number of alkyl halides is 3. The number of hydrogen-bond acceptors (Lipinski definition) is 4. The maximum absolute atomic E-state index is 13.7. The lowest BCUT2D eigenvalue weighted by atomic mass is 10.2. The molecule has 198 valence electrons. The van der Waals surface area contributed by atoms with E-state index in [9.17, 15) is 17.6 Å². The Morgan fingerprint density at radius 1 is 0.919 bits per heavy atom. The first-order valence-electron chi connectivity index (χ1n) is 12.0. The van der Waals surface area contributed by atoms with Crippen molar-refractivity contribution in [2.75, 3.05) is 13.2 Å². The molecule has 1 heterocycles. The number of rotatable bonds is 10. The van der Waals surface area contributed by atoms with Crippen molar-refractivity contribution in [3.63, 3.8) is 0 Å². The minimum Gasteiger partial charge on any atom is -0.461 e. The van der Waals surface area contributed by atoms with E-state index in [4.69, 9.17) is 14.2 Å². The number of ether oxygens (including phenoxy) is 4. The van der Waals surface area contributed by atoms with Gasteiger partial charge in [0.05, 0.1) is 23.6 Å². The standard InChI is InChI=1S/C28H29F4O4S/c1-19(2)27(34-18-21-7-6-16-33-21)35-26-17-24(14-15-25(26)36-28(30,31)32)37(22-8-4-3-5-9-22)23-12-10-20(29)11-13-23/h3-5,8-15,17,19,21,27H,6-7,16,18H2,1-2H3/q+1. The Hall–Kier alpha value is -2.75. The highest BCUT2D eigenvalue weighted by Gasteiger charge is 2.35. The molecule has 3 aromatic carbocycles. The predicted molar refractivity (Wildman–Crippen MR) is 132 cm³/mol. The SMILES string of the molecule is CC(C)C(OCC1CCCO1)Oc1cc([S+](c2ccccc2)c2ccc(F)cc2)ccc1OC(F)(F)F. The van der Waals surface area contributed by atoms with E-state index in [1.54, 1.807) is 24.3 Å². The van der Waals surface area contributed by atoms with Gasteiger partial charge in [-0.1, -0.05) is 32.0 Å². The number of benzene rings is 3. The maximum atomic E-state index is 13.7. The molecule has 0 spiro atoms. The molecule has 1 saturated heterocycles. The molecule has 9 heteroatoms. The van der Waals surface area contributed by atoms with Gasteiger partial charge >= 0.3 is 6.36 Å². The summed E-state index contributed by atoms with van der Waals surface area (Å²) < 4.78 is 75.3. The molecular formula is C28H29F4O4S+. The molecule has 0 N–H and O–H groups in total. The number of halogens is 4. The van der Waals surface area contributed by atoms with Crippen molar-refractivity contribution in [2.24, 2.45) is 5.92 Å². The molecule has 0 saturated carbocycles. The van der Waals surface area contributed by atoms with Gasteiger partial charge in [0.25, 0.3) is 0 Å². The van der Waals surface area contributed by atoms with Gasteiger partial charge in [-0.05, 0) is 61.4 Å². The average molecular weight is 538 g/mol. The van der Waals surface area contributed by atoms with Crippen LogP contribution in [0.15, 0.2) is 87.5 Å². The lowest BCUT2D eigenvalue weighted by Crippen LogP contribution is -2.31. The van der Waals surface area contributed by atoms with Crippen molar-refractivity contribution in [3.05, 3.63) is 78.6 Å². The predicted octanol–water partition coefficient (Wildman–Crippen LogP) is 7.38. The van der Waals surface area contributed by atoms with Gasteiger partial charge in [-0.2, -0.15) is 0 Å². The van der Waals surface area contributed by atoms with E-state index in [1.807, 2.05) is 44.2 Å². The van der Waals surface area contributed by atoms with Crippen molar-refractivity contribution in [3.8, 4) is 11.5 Å². The Balaban J connectivity index is 1.71. The van der Waals surface area contributed by atoms with Gasteiger partial charge in [-0.25, -0.2) is 4.39 Å². The highest BCUT2D eigenvalue weighted by molar-refractivity contribution is 7.97. The Kier molecular flexibility index (Phi) is 9.00. The summed E-state index contributed by atoms with van der Waals surface area (Å²) in [5.41, 5.74) is 0. The van der Waals surface area contributed by atoms with Crippen LogP contribution in [0.3, 0.4) is 0 Å². The van der Waals surface area contributed by atoms with Crippen molar-refractivity contribution >= 4 is 10.9 Å². The van der Waals surface area contributed by atoms with E-state index in [0.29, 0.717) is 11.5 Å². The third kappa shape index (κ3) is 7.63. The molecule has 0 radical (unpaired) electrons. The summed E-state index contributed by atoms with van der Waals surface area (Å²) in [7, 11) is -0.740. The van der Waals surface area contributed by atoms with Crippen LogP contribution in [-0.2, 0) is 20.4 Å². The maximum Gasteiger partial charge on any atom is 0.573 e. The van der Waals surface area contributed by atoms with Gasteiger partial charge in [-0.15, -0.1) is 13.2 Å². The van der Waals surface area contributed by atoms with E-state index in [2.05, 4.69) is 4.74 Å². The summed E-state index contributed by atoms with van der Waals surface area (Å²) in [5.74, 6) is -1.08. The van der Waals surface area contributed by atoms with Crippen LogP contribution < -0.4 is 9.47 Å². The molecule has 1 aliphatic heterocycles. The van der Waals surface area contributed by atoms with Gasteiger partial charge in [-0.3, -0.25) is 0 Å². The molecule has 3 atom stereocenters. The molecule has 1 aliphatic rings. The van der Waals surface area contributed by atoms with E-state index in [1.165, 1.54) is 18.2 Å². The minimum absolute atomic E-state index is 0.0653. The van der Waals surface area contributed by atoms with E-state index >= 15 is 0 Å². The first-order chi connectivity index (χ1) is 17.7. The van der Waals surface area contributed by atoms with E-state index in [0.717, 1.165) is 22.6 Å². The van der Waals surface area contributed by atoms with E-state index in [-0.39, 0.29) is 30.2 Å². The molecule has 0 aliphatic carbocycles. The van der Waals surface area contributed by atoms with Gasteiger partial charge in [0.15, 0.2) is 26.2 Å². The second-order valence-electron chi connectivity index (χ2n) is 8.93. The second kappa shape index (κ2) is 12.2. The summed E-state index contributed by atoms with van der Waals surface area (Å²) in [4.78, 5) is 2.40. The zero-order valence-electron chi connectivity index (χ0n) is 20.5. The van der Waals surface area contributed by atoms with Crippen molar-refractivity contribution in [2.45, 2.75) is 60.1 Å². The van der Waals surface area contributed by atoms with Gasteiger partial charge in [0, 0.05) is 18.6 Å². The summed E-state index contributed by atoms with van der Waals surface area (Å²) in [6.45, 7) is 4.67. The highest BCUT2D eigenvalue weighted by atomic mass is 32.2. The number of hydrogen-bond donors (Lipinski definition) is 0. The van der Waals surface area contributed by atoms with Gasteiger partial charge < -0.3 is 18.9 Å². The fraction of sp³-hybridized carbons (Fsp3) is 0.357. The van der Waals surface area contributed by atoms with Crippen LogP contribution in [0.1, 0.15) is 26.7 Å². The highest BCUT2D eigenvalue weighted by Crippen LogP contribution is 2.39. The monoisotopic (exact) mass is 537 g/mol. The lowest BCUT2D eigenvalue weighted by Gasteiger charge is -2.25. The van der Waals surface area contributed by atoms with Gasteiger partial charge in [0.1, 0.15) is 5.82 Å². The summed E-state index contributed by atoms with van der Waals surface area (Å²) in [6, 6.07) is 19.9. The minimum atomic E-state index is -4.90. The molecule has 0 amide bonds. The summed E-state index contributed by atoms with van der Waals surface area (Å²) >= 11 is 0. The molecule has 1 fully saturated rings. The Morgan fingerprint density at radius 2 is 1.59 bits per heavy atom.